The van der Waals surface area contributed by atoms with Crippen molar-refractivity contribution in [1.82, 2.24) is 19.9 Å². The molecule has 0 unspecified atom stereocenters. The van der Waals surface area contributed by atoms with Crippen LogP contribution in [0, 0.1) is 6.92 Å². The molecule has 186 valence electrons. The molecule has 0 fully saturated rings. The third-order valence-corrected chi connectivity index (χ3v) is 7.79. The molecule has 0 bridgehead atoms. The molecule has 4 aromatic rings. The molecule has 0 aliphatic heterocycles. The van der Waals surface area contributed by atoms with Gasteiger partial charge in [0.1, 0.15) is 5.82 Å². The molecule has 4 N–H and O–H groups in total. The quantitative estimate of drug-likeness (QED) is 0.105. The van der Waals surface area contributed by atoms with Gasteiger partial charge in [-0.2, -0.15) is 0 Å². The second-order valence-corrected chi connectivity index (χ2v) is 10.4. The van der Waals surface area contributed by atoms with Gasteiger partial charge in [-0.05, 0) is 37.1 Å². The van der Waals surface area contributed by atoms with Crippen molar-refractivity contribution in [3.8, 4) is 11.3 Å². The van der Waals surface area contributed by atoms with Gasteiger partial charge in [-0.3, -0.25) is 9.59 Å². The molecule has 0 saturated heterocycles. The first-order valence-corrected chi connectivity index (χ1v) is 13.1. The second kappa shape index (κ2) is 11.3. The molecule has 0 spiro atoms. The van der Waals surface area contributed by atoms with Gasteiger partial charge in [0.05, 0.1) is 20.8 Å². The Labute approximate surface area is 230 Å². The number of halogens is 4. The number of aromatic amines is 2. The van der Waals surface area contributed by atoms with Crippen molar-refractivity contribution in [3.63, 3.8) is 0 Å². The maximum Gasteiger partial charge on any atom is 0.251 e. The molecule has 7 nitrogen and oxygen atoms in total. The van der Waals surface area contributed by atoms with Crippen LogP contribution in [0.25, 0.3) is 11.3 Å². The Morgan fingerprint density at radius 3 is 2.36 bits per heavy atom. The summed E-state index contributed by atoms with van der Waals surface area (Å²) in [5.74, 6) is 0.718. The summed E-state index contributed by atoms with van der Waals surface area (Å²) in [4.78, 5) is 38.5. The molecule has 4 rings (SSSR count). The minimum Gasteiger partial charge on any atom is -0.398 e. The maximum atomic E-state index is 12.5. The molecule has 2 aromatic heterocycles. The van der Waals surface area contributed by atoms with Crippen LogP contribution >= 0.6 is 58.2 Å². The van der Waals surface area contributed by atoms with Gasteiger partial charge >= 0.3 is 0 Å². The monoisotopic (exact) mass is 581 g/mol. The number of nitrogens with two attached hydrogens (primary N) is 1. The first-order chi connectivity index (χ1) is 17.1. The lowest BCUT2D eigenvalue weighted by Gasteiger charge is -2.14. The van der Waals surface area contributed by atoms with E-state index in [1.165, 1.54) is 23.9 Å². The Morgan fingerprint density at radius 1 is 0.889 bits per heavy atom. The summed E-state index contributed by atoms with van der Waals surface area (Å²) >= 11 is 27.1. The van der Waals surface area contributed by atoms with Crippen molar-refractivity contribution in [1.29, 1.82) is 0 Å². The van der Waals surface area contributed by atoms with Crippen molar-refractivity contribution in [2.75, 3.05) is 5.73 Å². The number of rotatable bonds is 7. The summed E-state index contributed by atoms with van der Waals surface area (Å²) in [6, 6.07) is 9.62. The Morgan fingerprint density at radius 2 is 1.64 bits per heavy atom. The zero-order valence-electron chi connectivity index (χ0n) is 18.8. The van der Waals surface area contributed by atoms with E-state index in [1.807, 2.05) is 0 Å². The fourth-order valence-corrected chi connectivity index (χ4v) is 5.76. The third-order valence-electron chi connectivity index (χ3n) is 5.28. The highest BCUT2D eigenvalue weighted by Gasteiger charge is 2.19. The number of aryl methyl sites for hydroxylation is 2. The van der Waals surface area contributed by atoms with Crippen LogP contribution in [0.1, 0.15) is 22.6 Å². The summed E-state index contributed by atoms with van der Waals surface area (Å²) in [5, 5.41) is 1.79. The Kier molecular flexibility index (Phi) is 8.32. The van der Waals surface area contributed by atoms with E-state index in [2.05, 4.69) is 19.9 Å². The van der Waals surface area contributed by atoms with Crippen molar-refractivity contribution >= 4 is 63.9 Å². The van der Waals surface area contributed by atoms with Crippen molar-refractivity contribution in [3.05, 3.63) is 99.8 Å². The molecule has 0 aliphatic carbocycles. The first kappa shape index (κ1) is 26.6. The largest absolute Gasteiger partial charge is 0.398 e. The van der Waals surface area contributed by atoms with E-state index in [0.717, 1.165) is 5.56 Å². The molecule has 2 aromatic carbocycles. The molecule has 12 heteroatoms. The minimum atomic E-state index is -0.346. The average molecular weight is 583 g/mol. The SMILES string of the molecule is Cc1cc(=O)[nH]c(SCc2c(Cl)c(Cl)cc(-c3cc(=O)[nH]c(CCc4c(N)cccc4Cl)n3)c2Cl)n1. The van der Waals surface area contributed by atoms with Crippen LogP contribution in [0.3, 0.4) is 0 Å². The number of hydrogen-bond donors (Lipinski definition) is 3. The maximum absolute atomic E-state index is 12.5. The molecule has 0 atom stereocenters. The van der Waals surface area contributed by atoms with Gasteiger partial charge in [0.2, 0.25) is 0 Å². The number of anilines is 1. The average Bonchev–Trinajstić information content (AvgIpc) is 2.80. The normalized spacial score (nSPS) is 11.1. The highest BCUT2D eigenvalue weighted by molar-refractivity contribution is 7.98. The van der Waals surface area contributed by atoms with Crippen molar-refractivity contribution < 1.29 is 0 Å². The molecule has 0 amide bonds. The lowest BCUT2D eigenvalue weighted by atomic mass is 10.1. The van der Waals surface area contributed by atoms with Crippen LogP contribution in [-0.2, 0) is 18.6 Å². The van der Waals surface area contributed by atoms with E-state index < -0.39 is 0 Å². The van der Waals surface area contributed by atoms with Gasteiger partial charge in [0.25, 0.3) is 11.1 Å². The highest BCUT2D eigenvalue weighted by Crippen LogP contribution is 2.41. The zero-order chi connectivity index (χ0) is 26.0. The number of aromatic nitrogens is 4. The lowest BCUT2D eigenvalue weighted by Crippen LogP contribution is -2.12. The second-order valence-electron chi connectivity index (χ2n) is 7.88. The number of nitrogens with one attached hydrogen (secondary N) is 2. The van der Waals surface area contributed by atoms with Crippen LogP contribution < -0.4 is 16.9 Å². The van der Waals surface area contributed by atoms with Crippen LogP contribution in [0.15, 0.2) is 51.1 Å². The van der Waals surface area contributed by atoms with Crippen LogP contribution in [0.4, 0.5) is 5.69 Å². The number of nitrogens with zero attached hydrogens (tertiary/aromatic N) is 2. The number of nitrogen functional groups attached to an aromatic ring is 1. The third kappa shape index (κ3) is 6.07. The van der Waals surface area contributed by atoms with Gasteiger partial charge in [0, 0.05) is 51.8 Å². The number of thioether (sulfide) groups is 1. The summed E-state index contributed by atoms with van der Waals surface area (Å²) < 4.78 is 0. The number of benzene rings is 2. The standard InChI is InChI=1S/C24H19Cl4N5O2S/c1-11-7-20(34)33-24(30-11)36-10-14-22(27)13(8-16(26)23(14)28)18-9-21(35)32-19(31-18)6-5-12-15(25)3-2-4-17(12)29/h2-4,7-9H,5-6,10,29H2,1H3,(H,30,33,34)(H,31,32,35). The summed E-state index contributed by atoms with van der Waals surface area (Å²) in [5.41, 5.74) is 8.71. The number of hydrogen-bond acceptors (Lipinski definition) is 6. The summed E-state index contributed by atoms with van der Waals surface area (Å²) in [6.45, 7) is 1.73. The van der Waals surface area contributed by atoms with Crippen molar-refractivity contribution in [2.24, 2.45) is 0 Å². The van der Waals surface area contributed by atoms with Gasteiger partial charge < -0.3 is 15.7 Å². The molecule has 0 saturated carbocycles. The highest BCUT2D eigenvalue weighted by atomic mass is 35.5. The van der Waals surface area contributed by atoms with Gasteiger partial charge in [-0.25, -0.2) is 9.97 Å². The summed E-state index contributed by atoms with van der Waals surface area (Å²) in [6.07, 6.45) is 0.877. The first-order valence-electron chi connectivity index (χ1n) is 10.6. The van der Waals surface area contributed by atoms with E-state index in [9.17, 15) is 9.59 Å². The Hall–Kier alpha value is -2.49. The smallest absolute Gasteiger partial charge is 0.251 e. The summed E-state index contributed by atoms with van der Waals surface area (Å²) in [7, 11) is 0. The predicted octanol–water partition coefficient (Wildman–Crippen LogP) is 6.10. The van der Waals surface area contributed by atoms with Crippen LogP contribution in [-0.4, -0.2) is 19.9 Å². The minimum absolute atomic E-state index is 0.254. The molecule has 2 heterocycles. The fourth-order valence-electron chi connectivity index (χ4n) is 3.58. The van der Waals surface area contributed by atoms with E-state index in [4.69, 9.17) is 52.1 Å². The molecule has 0 radical (unpaired) electrons. The molecule has 0 aliphatic rings. The zero-order valence-corrected chi connectivity index (χ0v) is 22.6. The van der Waals surface area contributed by atoms with Gasteiger partial charge in [0.15, 0.2) is 5.16 Å². The van der Waals surface area contributed by atoms with E-state index >= 15 is 0 Å². The molecular weight excluding hydrogens is 564 g/mol. The van der Waals surface area contributed by atoms with E-state index in [-0.39, 0.29) is 26.9 Å². The predicted molar refractivity (Wildman–Crippen MR) is 148 cm³/mol. The van der Waals surface area contributed by atoms with E-state index in [1.54, 1.807) is 31.2 Å². The Balaban J connectivity index is 1.66. The van der Waals surface area contributed by atoms with Gasteiger partial charge in [-0.15, -0.1) is 0 Å². The topological polar surface area (TPSA) is 118 Å². The van der Waals surface area contributed by atoms with Gasteiger partial charge in [-0.1, -0.05) is 64.2 Å². The fraction of sp³-hybridized carbons (Fsp3) is 0.167. The Bertz CT molecular complexity index is 1550. The molecular formula is C24H19Cl4N5O2S. The van der Waals surface area contributed by atoms with Crippen molar-refractivity contribution in [2.45, 2.75) is 30.7 Å². The van der Waals surface area contributed by atoms with E-state index in [0.29, 0.717) is 62.1 Å². The lowest BCUT2D eigenvalue weighted by molar-refractivity contribution is 0.851. The molecule has 36 heavy (non-hydrogen) atoms. The number of H-pyrrole nitrogens is 2. The van der Waals surface area contributed by atoms with Crippen LogP contribution in [0.2, 0.25) is 20.1 Å². The van der Waals surface area contributed by atoms with Crippen LogP contribution in [0.5, 0.6) is 0 Å².